The summed E-state index contributed by atoms with van der Waals surface area (Å²) in [7, 11) is 0. The van der Waals surface area contributed by atoms with Crippen molar-refractivity contribution < 1.29 is 14.6 Å². The summed E-state index contributed by atoms with van der Waals surface area (Å²) < 4.78 is 5.61. The number of amides is 1. The molecule has 2 aliphatic rings. The Morgan fingerprint density at radius 2 is 2.24 bits per heavy atom. The van der Waals surface area contributed by atoms with Crippen LogP contribution in [-0.4, -0.2) is 54.4 Å². The van der Waals surface area contributed by atoms with Gasteiger partial charge in [0, 0.05) is 26.2 Å². The molecule has 0 aromatic heterocycles. The van der Waals surface area contributed by atoms with Crippen molar-refractivity contribution in [1.29, 1.82) is 0 Å². The molecule has 1 aromatic rings. The first-order valence-electron chi connectivity index (χ1n) is 7.52. The van der Waals surface area contributed by atoms with Gasteiger partial charge in [0.2, 0.25) is 5.91 Å². The van der Waals surface area contributed by atoms with Crippen LogP contribution in [0.3, 0.4) is 0 Å². The van der Waals surface area contributed by atoms with E-state index < -0.39 is 0 Å². The Kier molecular flexibility index (Phi) is 4.24. The summed E-state index contributed by atoms with van der Waals surface area (Å²) in [4.78, 5) is 14.7. The van der Waals surface area contributed by atoms with Gasteiger partial charge in [-0.2, -0.15) is 0 Å². The zero-order valence-corrected chi connectivity index (χ0v) is 12.3. The molecule has 3 unspecified atom stereocenters. The van der Waals surface area contributed by atoms with Crippen molar-refractivity contribution in [1.82, 2.24) is 10.2 Å². The van der Waals surface area contributed by atoms with Crippen LogP contribution in [0.25, 0.3) is 0 Å². The maximum absolute atomic E-state index is 12.9. The number of hydrogen-bond acceptors (Lipinski definition) is 4. The number of fused-ring (bicyclic) bond motifs is 1. The first kappa shape index (κ1) is 14.5. The summed E-state index contributed by atoms with van der Waals surface area (Å²) in [6.07, 6.45) is -0.309. The van der Waals surface area contributed by atoms with Crippen molar-refractivity contribution in [3.63, 3.8) is 0 Å². The number of aliphatic hydroxyl groups is 1. The number of hydrogen-bond donors (Lipinski definition) is 2. The van der Waals surface area contributed by atoms with E-state index >= 15 is 0 Å². The van der Waals surface area contributed by atoms with E-state index in [0.717, 1.165) is 12.1 Å². The van der Waals surface area contributed by atoms with Gasteiger partial charge in [0.05, 0.1) is 24.7 Å². The van der Waals surface area contributed by atoms with Gasteiger partial charge in [-0.25, -0.2) is 0 Å². The van der Waals surface area contributed by atoms with E-state index in [4.69, 9.17) is 4.74 Å². The van der Waals surface area contributed by atoms with Gasteiger partial charge in [-0.1, -0.05) is 24.3 Å². The maximum Gasteiger partial charge on any atom is 0.231 e. The number of benzene rings is 1. The number of ether oxygens (including phenoxy) is 1. The fraction of sp³-hybridized carbons (Fsp3) is 0.562. The normalized spacial score (nSPS) is 29.0. The number of nitrogens with one attached hydrogen (secondary N) is 1. The first-order chi connectivity index (χ1) is 10.2. The SMILES string of the molecule is CC1CN(C(=O)C2CNCc3ccccc32)CC(CO)O1. The number of carbonyl (C=O) groups excluding carboxylic acids is 1. The van der Waals surface area contributed by atoms with Gasteiger partial charge in [-0.05, 0) is 18.1 Å². The summed E-state index contributed by atoms with van der Waals surface area (Å²) in [6, 6.07) is 8.11. The van der Waals surface area contributed by atoms with E-state index in [0.29, 0.717) is 19.6 Å². The van der Waals surface area contributed by atoms with Crippen molar-refractivity contribution in [2.45, 2.75) is 31.6 Å². The van der Waals surface area contributed by atoms with Crippen LogP contribution in [0.2, 0.25) is 0 Å². The molecule has 21 heavy (non-hydrogen) atoms. The van der Waals surface area contributed by atoms with Gasteiger partial charge in [0.1, 0.15) is 0 Å². The molecular formula is C16H22N2O3. The van der Waals surface area contributed by atoms with Crippen LogP contribution in [0.15, 0.2) is 24.3 Å². The molecule has 1 amide bonds. The van der Waals surface area contributed by atoms with Crippen LogP contribution in [0.5, 0.6) is 0 Å². The zero-order chi connectivity index (χ0) is 14.8. The lowest BCUT2D eigenvalue weighted by Crippen LogP contribution is -2.52. The Morgan fingerprint density at radius 3 is 3.05 bits per heavy atom. The lowest BCUT2D eigenvalue weighted by atomic mass is 9.89. The van der Waals surface area contributed by atoms with Crippen molar-refractivity contribution in [2.75, 3.05) is 26.2 Å². The highest BCUT2D eigenvalue weighted by atomic mass is 16.5. The van der Waals surface area contributed by atoms with Crippen LogP contribution in [-0.2, 0) is 16.1 Å². The van der Waals surface area contributed by atoms with E-state index in [1.54, 1.807) is 0 Å². The summed E-state index contributed by atoms with van der Waals surface area (Å²) in [5.41, 5.74) is 2.32. The fourth-order valence-corrected chi connectivity index (χ4v) is 3.26. The monoisotopic (exact) mass is 290 g/mol. The highest BCUT2D eigenvalue weighted by molar-refractivity contribution is 5.85. The molecule has 5 heteroatoms. The minimum absolute atomic E-state index is 0.0355. The molecule has 2 aliphatic heterocycles. The Bertz CT molecular complexity index is 520. The van der Waals surface area contributed by atoms with Gasteiger partial charge in [0.15, 0.2) is 0 Å². The molecule has 0 aliphatic carbocycles. The summed E-state index contributed by atoms with van der Waals surface area (Å²) in [5, 5.41) is 12.6. The Morgan fingerprint density at radius 1 is 1.43 bits per heavy atom. The topological polar surface area (TPSA) is 61.8 Å². The molecule has 0 bridgehead atoms. The number of carbonyl (C=O) groups is 1. The molecule has 3 atom stereocenters. The Hall–Kier alpha value is -1.43. The summed E-state index contributed by atoms with van der Waals surface area (Å²) in [6.45, 7) is 4.44. The Balaban J connectivity index is 1.79. The lowest BCUT2D eigenvalue weighted by Gasteiger charge is -2.38. The molecule has 2 N–H and O–H groups in total. The highest BCUT2D eigenvalue weighted by Gasteiger charge is 2.34. The summed E-state index contributed by atoms with van der Waals surface area (Å²) >= 11 is 0. The first-order valence-corrected chi connectivity index (χ1v) is 7.52. The molecule has 0 saturated carbocycles. The third kappa shape index (κ3) is 2.95. The molecule has 1 saturated heterocycles. The predicted octanol–water partition coefficient (Wildman–Crippen LogP) is 0.482. The van der Waals surface area contributed by atoms with Crippen LogP contribution in [0, 0.1) is 0 Å². The predicted molar refractivity (Wildman–Crippen MR) is 78.9 cm³/mol. The number of rotatable bonds is 2. The number of aliphatic hydroxyl groups excluding tert-OH is 1. The molecular weight excluding hydrogens is 268 g/mol. The van der Waals surface area contributed by atoms with Gasteiger partial charge >= 0.3 is 0 Å². The average Bonchev–Trinajstić information content (AvgIpc) is 2.53. The second-order valence-electron chi connectivity index (χ2n) is 5.88. The molecule has 1 fully saturated rings. The molecule has 2 heterocycles. The molecule has 5 nitrogen and oxygen atoms in total. The minimum Gasteiger partial charge on any atom is -0.394 e. The van der Waals surface area contributed by atoms with Crippen LogP contribution >= 0.6 is 0 Å². The van der Waals surface area contributed by atoms with Crippen LogP contribution in [0.4, 0.5) is 0 Å². The van der Waals surface area contributed by atoms with Crippen LogP contribution < -0.4 is 5.32 Å². The smallest absolute Gasteiger partial charge is 0.231 e. The van der Waals surface area contributed by atoms with E-state index in [-0.39, 0.29) is 30.6 Å². The quantitative estimate of drug-likeness (QED) is 0.832. The number of morpholine rings is 1. The van der Waals surface area contributed by atoms with Gasteiger partial charge in [-0.15, -0.1) is 0 Å². The second kappa shape index (κ2) is 6.13. The molecule has 1 aromatic carbocycles. The van der Waals surface area contributed by atoms with Crippen molar-refractivity contribution >= 4 is 5.91 Å². The molecule has 3 rings (SSSR count). The van der Waals surface area contributed by atoms with Gasteiger partial charge in [-0.3, -0.25) is 4.79 Å². The van der Waals surface area contributed by atoms with Gasteiger partial charge < -0.3 is 20.1 Å². The number of nitrogens with zero attached hydrogens (tertiary/aromatic N) is 1. The van der Waals surface area contributed by atoms with E-state index in [2.05, 4.69) is 11.4 Å². The minimum atomic E-state index is -0.274. The maximum atomic E-state index is 12.9. The van der Waals surface area contributed by atoms with Crippen molar-refractivity contribution in [3.05, 3.63) is 35.4 Å². The third-order valence-corrected chi connectivity index (χ3v) is 4.23. The van der Waals surface area contributed by atoms with E-state index in [1.807, 2.05) is 30.0 Å². The average molecular weight is 290 g/mol. The van der Waals surface area contributed by atoms with Crippen LogP contribution in [0.1, 0.15) is 24.0 Å². The van der Waals surface area contributed by atoms with Gasteiger partial charge in [0.25, 0.3) is 0 Å². The largest absolute Gasteiger partial charge is 0.394 e. The molecule has 0 spiro atoms. The van der Waals surface area contributed by atoms with E-state index in [1.165, 1.54) is 5.56 Å². The zero-order valence-electron chi connectivity index (χ0n) is 12.3. The fourth-order valence-electron chi connectivity index (χ4n) is 3.26. The lowest BCUT2D eigenvalue weighted by molar-refractivity contribution is -0.148. The standard InChI is InChI=1S/C16H22N2O3/c1-11-8-18(9-13(10-19)21-11)16(20)15-7-17-6-12-4-2-3-5-14(12)15/h2-5,11,13,15,17,19H,6-10H2,1H3. The molecule has 114 valence electrons. The second-order valence-corrected chi connectivity index (χ2v) is 5.88. The van der Waals surface area contributed by atoms with Crippen molar-refractivity contribution in [3.8, 4) is 0 Å². The third-order valence-electron chi connectivity index (χ3n) is 4.23. The van der Waals surface area contributed by atoms with E-state index in [9.17, 15) is 9.90 Å². The Labute approximate surface area is 124 Å². The summed E-state index contributed by atoms with van der Waals surface area (Å²) in [5.74, 6) is -0.0113. The highest BCUT2D eigenvalue weighted by Crippen LogP contribution is 2.26. The molecule has 0 radical (unpaired) electrons. The van der Waals surface area contributed by atoms with Crippen molar-refractivity contribution in [2.24, 2.45) is 0 Å².